The molecule has 2 nitrogen and oxygen atoms in total. The minimum atomic E-state index is -0.896. The summed E-state index contributed by atoms with van der Waals surface area (Å²) in [5.41, 5.74) is 5.98. The fraction of sp³-hybridized carbons (Fsp3) is 0.367. The van der Waals surface area contributed by atoms with E-state index in [0.29, 0.717) is 5.92 Å². The highest BCUT2D eigenvalue weighted by Crippen LogP contribution is 2.44. The first-order valence-corrected chi connectivity index (χ1v) is 12.0. The third-order valence-corrected chi connectivity index (χ3v) is 6.70. The lowest BCUT2D eigenvalue weighted by molar-refractivity contribution is -0.710. The molecule has 3 heteroatoms. The lowest BCUT2D eigenvalue weighted by Gasteiger charge is -2.32. The first-order chi connectivity index (χ1) is 15.9. The van der Waals surface area contributed by atoms with Crippen molar-refractivity contribution in [2.24, 2.45) is 5.92 Å². The van der Waals surface area contributed by atoms with E-state index in [2.05, 4.69) is 79.5 Å². The summed E-state index contributed by atoms with van der Waals surface area (Å²) in [5.74, 6) is 0.508. The zero-order valence-corrected chi connectivity index (χ0v) is 20.5. The zero-order chi connectivity index (χ0) is 24.0. The largest absolute Gasteiger partial charge is 0.361 e. The molecule has 0 radical (unpaired) electrons. The average molecular weight is 446 g/mol. The highest BCUT2D eigenvalue weighted by Gasteiger charge is 2.41. The molecule has 0 amide bonds. The number of rotatable bonds is 10. The molecule has 1 aromatic carbocycles. The van der Waals surface area contributed by atoms with Crippen molar-refractivity contribution in [3.05, 3.63) is 103 Å². The highest BCUT2D eigenvalue weighted by atomic mass is 19.1. The first-order valence-electron chi connectivity index (χ1n) is 12.0. The second-order valence-electron chi connectivity index (χ2n) is 9.25. The Morgan fingerprint density at radius 3 is 2.61 bits per heavy atom. The molecule has 0 saturated heterocycles. The second kappa shape index (κ2) is 11.3. The third-order valence-electron chi connectivity index (χ3n) is 6.70. The number of pyridine rings is 1. The Hall–Kier alpha value is -2.94. The quantitative estimate of drug-likeness (QED) is 0.295. The third kappa shape index (κ3) is 5.52. The van der Waals surface area contributed by atoms with Gasteiger partial charge >= 0.3 is 0 Å². The van der Waals surface area contributed by atoms with E-state index in [1.54, 1.807) is 13.1 Å². The van der Waals surface area contributed by atoms with Gasteiger partial charge < -0.3 is 5.32 Å². The predicted octanol–water partition coefficient (Wildman–Crippen LogP) is 7.54. The van der Waals surface area contributed by atoms with E-state index in [1.165, 1.54) is 22.4 Å². The lowest BCUT2D eigenvalue weighted by Crippen LogP contribution is -2.50. The van der Waals surface area contributed by atoms with Crippen LogP contribution in [0.5, 0.6) is 0 Å². The van der Waals surface area contributed by atoms with Crippen LogP contribution in [0.1, 0.15) is 69.5 Å². The minimum Gasteiger partial charge on any atom is -0.361 e. The molecule has 4 unspecified atom stereocenters. The number of aromatic nitrogens is 1. The summed E-state index contributed by atoms with van der Waals surface area (Å²) >= 11 is 0. The van der Waals surface area contributed by atoms with Gasteiger partial charge in [-0.2, -0.15) is 4.57 Å². The molecule has 1 aliphatic heterocycles. The Bertz CT molecular complexity index is 1030. The number of nitrogens with zero attached hydrogens (tertiary/aromatic N) is 1. The maximum absolute atomic E-state index is 14.5. The standard InChI is InChI=1S/C30H38FN2/c1-7-9-10-13-24(22(5)31)16-17-28-26-14-11-12-15-27(26)29-20-25(21(3)4)18-19-33(29)30(28)23(6)32-8-2/h7-15,18-22,24,28,30,32H,2,6,16-17H2,1,3-5H3/q+1/b9-7-,13-10-. The van der Waals surface area contributed by atoms with E-state index in [-0.39, 0.29) is 17.9 Å². The number of hydrogen-bond acceptors (Lipinski definition) is 1. The highest BCUT2D eigenvalue weighted by molar-refractivity contribution is 5.64. The van der Waals surface area contributed by atoms with Crippen LogP contribution in [0.4, 0.5) is 4.39 Å². The van der Waals surface area contributed by atoms with Crippen molar-refractivity contribution in [3.8, 4) is 11.3 Å². The molecule has 0 bridgehead atoms. The Morgan fingerprint density at radius 2 is 1.94 bits per heavy atom. The molecule has 2 heterocycles. The molecule has 33 heavy (non-hydrogen) atoms. The van der Waals surface area contributed by atoms with Gasteiger partial charge in [-0.25, -0.2) is 4.39 Å². The summed E-state index contributed by atoms with van der Waals surface area (Å²) in [6, 6.07) is 13.2. The topological polar surface area (TPSA) is 15.9 Å². The van der Waals surface area contributed by atoms with Crippen molar-refractivity contribution in [2.45, 2.75) is 64.6 Å². The Morgan fingerprint density at radius 1 is 1.18 bits per heavy atom. The Balaban J connectivity index is 2.06. The molecule has 3 rings (SSSR count). The van der Waals surface area contributed by atoms with Crippen LogP contribution in [0.2, 0.25) is 0 Å². The lowest BCUT2D eigenvalue weighted by atomic mass is 9.77. The molecule has 0 spiro atoms. The van der Waals surface area contributed by atoms with Gasteiger partial charge in [0, 0.05) is 23.6 Å². The van der Waals surface area contributed by atoms with Crippen molar-refractivity contribution < 1.29 is 8.96 Å². The molecular formula is C30H38FN2+. The van der Waals surface area contributed by atoms with Crippen molar-refractivity contribution in [1.29, 1.82) is 0 Å². The van der Waals surface area contributed by atoms with Gasteiger partial charge in [-0.1, -0.05) is 69.5 Å². The summed E-state index contributed by atoms with van der Waals surface area (Å²) in [6.45, 7) is 16.3. The van der Waals surface area contributed by atoms with Crippen LogP contribution >= 0.6 is 0 Å². The number of fused-ring (bicyclic) bond motifs is 3. The van der Waals surface area contributed by atoms with Crippen molar-refractivity contribution in [1.82, 2.24) is 5.32 Å². The predicted molar refractivity (Wildman–Crippen MR) is 138 cm³/mol. The van der Waals surface area contributed by atoms with Crippen LogP contribution in [0.25, 0.3) is 11.3 Å². The van der Waals surface area contributed by atoms with E-state index >= 15 is 0 Å². The molecule has 1 N–H and O–H groups in total. The van der Waals surface area contributed by atoms with Gasteiger partial charge in [-0.05, 0) is 56.0 Å². The van der Waals surface area contributed by atoms with Crippen LogP contribution < -0.4 is 9.88 Å². The van der Waals surface area contributed by atoms with Crippen LogP contribution in [0.3, 0.4) is 0 Å². The summed E-state index contributed by atoms with van der Waals surface area (Å²) in [7, 11) is 0. The van der Waals surface area contributed by atoms with E-state index < -0.39 is 6.17 Å². The van der Waals surface area contributed by atoms with Crippen LogP contribution in [0, 0.1) is 5.92 Å². The molecule has 1 aromatic heterocycles. The molecule has 1 aliphatic rings. The van der Waals surface area contributed by atoms with Gasteiger partial charge in [-0.3, -0.25) is 0 Å². The number of allylic oxidation sites excluding steroid dienone is 5. The van der Waals surface area contributed by atoms with Crippen molar-refractivity contribution in [3.63, 3.8) is 0 Å². The van der Waals surface area contributed by atoms with Gasteiger partial charge in [-0.15, -0.1) is 0 Å². The summed E-state index contributed by atoms with van der Waals surface area (Å²) in [6.07, 6.45) is 12.5. The van der Waals surface area contributed by atoms with E-state index in [0.717, 1.165) is 18.5 Å². The number of nitrogens with one attached hydrogen (secondary N) is 1. The Labute approximate surface area is 199 Å². The fourth-order valence-corrected chi connectivity index (χ4v) is 4.87. The maximum atomic E-state index is 14.5. The minimum absolute atomic E-state index is 0.0178. The number of benzene rings is 1. The van der Waals surface area contributed by atoms with Gasteiger partial charge in [0.15, 0.2) is 6.20 Å². The normalized spacial score (nSPS) is 19.3. The molecule has 0 aliphatic carbocycles. The van der Waals surface area contributed by atoms with Crippen LogP contribution in [-0.2, 0) is 0 Å². The van der Waals surface area contributed by atoms with Gasteiger partial charge in [0.2, 0.25) is 11.7 Å². The fourth-order valence-electron chi connectivity index (χ4n) is 4.87. The second-order valence-corrected chi connectivity index (χ2v) is 9.25. The van der Waals surface area contributed by atoms with Gasteiger partial charge in [0.1, 0.15) is 6.17 Å². The molecule has 2 aromatic rings. The summed E-state index contributed by atoms with van der Waals surface area (Å²) < 4.78 is 16.8. The Kier molecular flexibility index (Phi) is 8.43. The van der Waals surface area contributed by atoms with Gasteiger partial charge in [0.25, 0.3) is 0 Å². The molecular weight excluding hydrogens is 407 g/mol. The number of halogens is 1. The van der Waals surface area contributed by atoms with E-state index in [1.807, 2.05) is 31.2 Å². The van der Waals surface area contributed by atoms with Gasteiger partial charge in [0.05, 0.1) is 11.6 Å². The average Bonchev–Trinajstić information content (AvgIpc) is 2.80. The smallest absolute Gasteiger partial charge is 0.213 e. The zero-order valence-electron chi connectivity index (χ0n) is 20.5. The van der Waals surface area contributed by atoms with Crippen LogP contribution in [-0.4, -0.2) is 6.17 Å². The molecule has 0 fully saturated rings. The SMILES string of the molecule is C=CNC(=C)C1C(CCC(/C=C\C=C/C)C(C)F)c2ccccc2-c2cc(C(C)C)cc[n+]21. The van der Waals surface area contributed by atoms with Crippen molar-refractivity contribution >= 4 is 0 Å². The molecule has 174 valence electrons. The number of alkyl halides is 1. The molecule has 0 saturated carbocycles. The van der Waals surface area contributed by atoms with Crippen LogP contribution in [0.15, 0.2) is 92.0 Å². The van der Waals surface area contributed by atoms with Crippen molar-refractivity contribution in [2.75, 3.05) is 0 Å². The monoisotopic (exact) mass is 445 g/mol. The summed E-state index contributed by atoms with van der Waals surface area (Å²) in [5, 5.41) is 3.26. The van der Waals surface area contributed by atoms with E-state index in [4.69, 9.17) is 0 Å². The molecule has 4 atom stereocenters. The first kappa shape index (κ1) is 24.7. The maximum Gasteiger partial charge on any atom is 0.213 e. The number of hydrogen-bond donors (Lipinski definition) is 1. The summed E-state index contributed by atoms with van der Waals surface area (Å²) in [4.78, 5) is 0. The van der Waals surface area contributed by atoms with E-state index in [9.17, 15) is 4.39 Å².